The molecule has 88 valence electrons. The second-order valence-electron chi connectivity index (χ2n) is 4.37. The fraction of sp³-hybridized carbons (Fsp3) is 0.500. The molecule has 0 aromatic heterocycles. The molecule has 0 aliphatic rings. The van der Waals surface area contributed by atoms with Gasteiger partial charge in [-0.05, 0) is 56.9 Å². The summed E-state index contributed by atoms with van der Waals surface area (Å²) in [5, 5.41) is 0. The Balaban J connectivity index is 3.47. The van der Waals surface area contributed by atoms with Crippen LogP contribution in [0.5, 0.6) is 0 Å². The van der Waals surface area contributed by atoms with Crippen LogP contribution in [-0.2, 0) is 4.79 Å². The maximum absolute atomic E-state index is 11.6. The topological polar surface area (TPSA) is 20.3 Å². The van der Waals surface area contributed by atoms with E-state index in [-0.39, 0.29) is 5.91 Å². The minimum Gasteiger partial charge on any atom is -0.312 e. The predicted octanol–water partition coefficient (Wildman–Crippen LogP) is 3.29. The number of amides is 1. The van der Waals surface area contributed by atoms with Gasteiger partial charge in [0, 0.05) is 19.2 Å². The van der Waals surface area contributed by atoms with Crippen LogP contribution in [0.3, 0.4) is 0 Å². The van der Waals surface area contributed by atoms with Crippen molar-refractivity contribution < 1.29 is 4.79 Å². The standard InChI is InChI=1S/C14H21NO/c1-7-15(13(6)16)14-11(4)9(2)8-10(3)12(14)5/h8H,7H2,1-6H3. The number of hydrogen-bond acceptors (Lipinski definition) is 1. The van der Waals surface area contributed by atoms with Crippen LogP contribution >= 0.6 is 0 Å². The molecule has 0 heterocycles. The van der Waals surface area contributed by atoms with E-state index in [1.165, 1.54) is 22.3 Å². The summed E-state index contributed by atoms with van der Waals surface area (Å²) < 4.78 is 0. The number of carbonyl (C=O) groups excluding carboxylic acids is 1. The molecule has 1 rings (SSSR count). The molecule has 0 spiro atoms. The van der Waals surface area contributed by atoms with Crippen LogP contribution in [0.2, 0.25) is 0 Å². The summed E-state index contributed by atoms with van der Waals surface area (Å²) in [6, 6.07) is 2.18. The van der Waals surface area contributed by atoms with Crippen molar-refractivity contribution in [3.05, 3.63) is 28.3 Å². The minimum absolute atomic E-state index is 0.110. The van der Waals surface area contributed by atoms with Crippen molar-refractivity contribution in [1.29, 1.82) is 0 Å². The van der Waals surface area contributed by atoms with Crippen LogP contribution < -0.4 is 4.90 Å². The van der Waals surface area contributed by atoms with E-state index in [1.807, 2.05) is 11.8 Å². The maximum Gasteiger partial charge on any atom is 0.223 e. The number of aryl methyl sites for hydroxylation is 2. The zero-order valence-corrected chi connectivity index (χ0v) is 11.1. The number of hydrogen-bond donors (Lipinski definition) is 0. The molecule has 0 saturated heterocycles. The van der Waals surface area contributed by atoms with E-state index in [4.69, 9.17) is 0 Å². The van der Waals surface area contributed by atoms with Crippen LogP contribution in [0.1, 0.15) is 36.1 Å². The Morgan fingerprint density at radius 3 is 1.88 bits per heavy atom. The molecule has 0 bridgehead atoms. The third-order valence-corrected chi connectivity index (χ3v) is 3.29. The Hall–Kier alpha value is -1.31. The molecule has 2 heteroatoms. The van der Waals surface area contributed by atoms with Crippen molar-refractivity contribution in [1.82, 2.24) is 0 Å². The first kappa shape index (κ1) is 12.8. The molecule has 0 atom stereocenters. The molecule has 1 aromatic carbocycles. The van der Waals surface area contributed by atoms with Crippen LogP contribution in [0, 0.1) is 27.7 Å². The van der Waals surface area contributed by atoms with E-state index in [2.05, 4.69) is 33.8 Å². The minimum atomic E-state index is 0.110. The van der Waals surface area contributed by atoms with Gasteiger partial charge in [-0.25, -0.2) is 0 Å². The average Bonchev–Trinajstić information content (AvgIpc) is 2.21. The van der Waals surface area contributed by atoms with Crippen molar-refractivity contribution in [2.45, 2.75) is 41.5 Å². The van der Waals surface area contributed by atoms with Gasteiger partial charge in [0.25, 0.3) is 0 Å². The molecule has 1 aromatic rings. The SMILES string of the molecule is CCN(C(C)=O)c1c(C)c(C)cc(C)c1C. The quantitative estimate of drug-likeness (QED) is 0.747. The summed E-state index contributed by atoms with van der Waals surface area (Å²) in [6.07, 6.45) is 0. The van der Waals surface area contributed by atoms with Gasteiger partial charge in [-0.15, -0.1) is 0 Å². The molecule has 0 saturated carbocycles. The Morgan fingerprint density at radius 1 is 1.12 bits per heavy atom. The van der Waals surface area contributed by atoms with Gasteiger partial charge in [-0.1, -0.05) is 6.07 Å². The van der Waals surface area contributed by atoms with E-state index >= 15 is 0 Å². The molecule has 0 unspecified atom stereocenters. The first-order valence-electron chi connectivity index (χ1n) is 5.75. The summed E-state index contributed by atoms with van der Waals surface area (Å²) in [7, 11) is 0. The summed E-state index contributed by atoms with van der Waals surface area (Å²) in [5.74, 6) is 0.110. The van der Waals surface area contributed by atoms with E-state index in [9.17, 15) is 4.79 Å². The Labute approximate surface area is 98.3 Å². The van der Waals surface area contributed by atoms with E-state index < -0.39 is 0 Å². The highest BCUT2D eigenvalue weighted by atomic mass is 16.2. The van der Waals surface area contributed by atoms with Crippen LogP contribution in [0.4, 0.5) is 5.69 Å². The summed E-state index contributed by atoms with van der Waals surface area (Å²) >= 11 is 0. The normalized spacial score (nSPS) is 10.4. The smallest absolute Gasteiger partial charge is 0.223 e. The lowest BCUT2D eigenvalue weighted by molar-refractivity contribution is -0.116. The van der Waals surface area contributed by atoms with Crippen molar-refractivity contribution in [2.24, 2.45) is 0 Å². The molecule has 0 N–H and O–H groups in total. The first-order chi connectivity index (χ1) is 7.40. The monoisotopic (exact) mass is 219 g/mol. The van der Waals surface area contributed by atoms with Crippen molar-refractivity contribution in [3.8, 4) is 0 Å². The fourth-order valence-corrected chi connectivity index (χ4v) is 2.14. The number of rotatable bonds is 2. The molecule has 0 aliphatic heterocycles. The molecule has 1 amide bonds. The second kappa shape index (κ2) is 4.69. The van der Waals surface area contributed by atoms with Gasteiger partial charge in [-0.2, -0.15) is 0 Å². The second-order valence-corrected chi connectivity index (χ2v) is 4.37. The zero-order chi connectivity index (χ0) is 12.5. The van der Waals surface area contributed by atoms with Crippen LogP contribution in [0.15, 0.2) is 6.07 Å². The summed E-state index contributed by atoms with van der Waals surface area (Å²) in [4.78, 5) is 13.5. The third kappa shape index (κ3) is 2.11. The van der Waals surface area contributed by atoms with Crippen molar-refractivity contribution >= 4 is 11.6 Å². The van der Waals surface area contributed by atoms with Gasteiger partial charge in [0.05, 0.1) is 0 Å². The maximum atomic E-state index is 11.6. The van der Waals surface area contributed by atoms with Gasteiger partial charge >= 0.3 is 0 Å². The van der Waals surface area contributed by atoms with Gasteiger partial charge in [0.15, 0.2) is 0 Å². The number of nitrogens with zero attached hydrogens (tertiary/aromatic N) is 1. The molecular weight excluding hydrogens is 198 g/mol. The largest absolute Gasteiger partial charge is 0.312 e. The molecule has 2 nitrogen and oxygen atoms in total. The van der Waals surface area contributed by atoms with Gasteiger partial charge in [0.1, 0.15) is 0 Å². The molecule has 0 fully saturated rings. The molecule has 16 heavy (non-hydrogen) atoms. The summed E-state index contributed by atoms with van der Waals surface area (Å²) in [5.41, 5.74) is 6.00. The Morgan fingerprint density at radius 2 is 1.56 bits per heavy atom. The lowest BCUT2D eigenvalue weighted by Gasteiger charge is -2.25. The molecular formula is C14H21NO. The highest BCUT2D eigenvalue weighted by Crippen LogP contribution is 2.30. The summed E-state index contributed by atoms with van der Waals surface area (Å²) in [6.45, 7) is 12.7. The third-order valence-electron chi connectivity index (χ3n) is 3.29. The van der Waals surface area contributed by atoms with Crippen molar-refractivity contribution in [3.63, 3.8) is 0 Å². The van der Waals surface area contributed by atoms with Crippen LogP contribution in [-0.4, -0.2) is 12.5 Å². The lowest BCUT2D eigenvalue weighted by Crippen LogP contribution is -2.29. The highest BCUT2D eigenvalue weighted by Gasteiger charge is 2.16. The van der Waals surface area contributed by atoms with Gasteiger partial charge < -0.3 is 4.90 Å². The fourth-order valence-electron chi connectivity index (χ4n) is 2.14. The lowest BCUT2D eigenvalue weighted by atomic mass is 9.97. The number of anilines is 1. The Kier molecular flexibility index (Phi) is 3.74. The average molecular weight is 219 g/mol. The zero-order valence-electron chi connectivity index (χ0n) is 11.1. The number of benzene rings is 1. The predicted molar refractivity (Wildman–Crippen MR) is 69.1 cm³/mol. The van der Waals surface area contributed by atoms with E-state index in [0.29, 0.717) is 0 Å². The van der Waals surface area contributed by atoms with Gasteiger partial charge in [-0.3, -0.25) is 4.79 Å². The highest BCUT2D eigenvalue weighted by molar-refractivity contribution is 5.93. The molecule has 0 aliphatic carbocycles. The van der Waals surface area contributed by atoms with Gasteiger partial charge in [0.2, 0.25) is 5.91 Å². The Bertz CT molecular complexity index is 395. The first-order valence-corrected chi connectivity index (χ1v) is 5.75. The van der Waals surface area contributed by atoms with E-state index in [1.54, 1.807) is 6.92 Å². The van der Waals surface area contributed by atoms with E-state index in [0.717, 1.165) is 12.2 Å². The molecule has 0 radical (unpaired) electrons. The van der Waals surface area contributed by atoms with Crippen molar-refractivity contribution in [2.75, 3.05) is 11.4 Å². The van der Waals surface area contributed by atoms with Crippen LogP contribution in [0.25, 0.3) is 0 Å². The number of carbonyl (C=O) groups is 1.